The van der Waals surface area contributed by atoms with Gasteiger partial charge < -0.3 is 5.32 Å². The fourth-order valence-corrected chi connectivity index (χ4v) is 1.87. The molecule has 14 heavy (non-hydrogen) atoms. The molecular weight excluding hydrogens is 170 g/mol. The fraction of sp³-hybridized carbons (Fsp3) is 0.538. The van der Waals surface area contributed by atoms with Gasteiger partial charge in [0.1, 0.15) is 0 Å². The molecule has 1 aliphatic rings. The van der Waals surface area contributed by atoms with Crippen LogP contribution in [0.5, 0.6) is 0 Å². The van der Waals surface area contributed by atoms with Crippen LogP contribution in [0.2, 0.25) is 0 Å². The van der Waals surface area contributed by atoms with Gasteiger partial charge in [-0.05, 0) is 36.9 Å². The molecule has 0 saturated carbocycles. The van der Waals surface area contributed by atoms with E-state index < -0.39 is 0 Å². The molecule has 1 heteroatoms. The van der Waals surface area contributed by atoms with Crippen molar-refractivity contribution in [2.45, 2.75) is 38.6 Å². The van der Waals surface area contributed by atoms with Gasteiger partial charge in [-0.25, -0.2) is 0 Å². The lowest BCUT2D eigenvalue weighted by Crippen LogP contribution is -2.34. The molecule has 1 aliphatic heterocycles. The second kappa shape index (κ2) is 4.61. The third-order valence-electron chi connectivity index (χ3n) is 3.02. The lowest BCUT2D eigenvalue weighted by atomic mass is 9.96. The first-order valence-electron chi connectivity index (χ1n) is 5.72. The maximum atomic E-state index is 3.42. The van der Waals surface area contributed by atoms with Crippen LogP contribution in [0.1, 0.15) is 43.4 Å². The standard InChI is InChI=1S/C13H19N/c1-2-3-4-11-5-7-12(8-6-11)13-9-10-14-13/h5-8,13-14H,2-4,9-10H2,1H3/t13-/m0/s1. The van der Waals surface area contributed by atoms with E-state index in [1.165, 1.54) is 43.4 Å². The summed E-state index contributed by atoms with van der Waals surface area (Å²) < 4.78 is 0. The van der Waals surface area contributed by atoms with Crippen LogP contribution in [0.3, 0.4) is 0 Å². The highest BCUT2D eigenvalue weighted by molar-refractivity contribution is 5.26. The van der Waals surface area contributed by atoms with Gasteiger partial charge in [-0.15, -0.1) is 0 Å². The summed E-state index contributed by atoms with van der Waals surface area (Å²) >= 11 is 0. The van der Waals surface area contributed by atoms with Gasteiger partial charge in [0.25, 0.3) is 0 Å². The molecule has 1 saturated heterocycles. The van der Waals surface area contributed by atoms with Gasteiger partial charge in [0.15, 0.2) is 0 Å². The maximum Gasteiger partial charge on any atom is 0.0332 e. The van der Waals surface area contributed by atoms with Crippen molar-refractivity contribution in [2.24, 2.45) is 0 Å². The van der Waals surface area contributed by atoms with Crippen LogP contribution in [0.25, 0.3) is 0 Å². The monoisotopic (exact) mass is 189 g/mol. The first-order valence-corrected chi connectivity index (χ1v) is 5.72. The minimum Gasteiger partial charge on any atom is -0.310 e. The summed E-state index contributed by atoms with van der Waals surface area (Å²) in [6.07, 6.45) is 5.12. The van der Waals surface area contributed by atoms with Crippen LogP contribution in [-0.4, -0.2) is 6.54 Å². The van der Waals surface area contributed by atoms with Crippen molar-refractivity contribution in [3.63, 3.8) is 0 Å². The summed E-state index contributed by atoms with van der Waals surface area (Å²) in [6.45, 7) is 3.43. The summed E-state index contributed by atoms with van der Waals surface area (Å²) in [7, 11) is 0. The van der Waals surface area contributed by atoms with Crippen LogP contribution in [0.15, 0.2) is 24.3 Å². The van der Waals surface area contributed by atoms with Gasteiger partial charge in [-0.1, -0.05) is 37.6 Å². The molecule has 0 bridgehead atoms. The molecule has 0 aliphatic carbocycles. The van der Waals surface area contributed by atoms with Crippen molar-refractivity contribution in [1.82, 2.24) is 5.32 Å². The van der Waals surface area contributed by atoms with E-state index in [4.69, 9.17) is 0 Å². The molecule has 1 heterocycles. The number of rotatable bonds is 4. The zero-order chi connectivity index (χ0) is 9.80. The van der Waals surface area contributed by atoms with Crippen LogP contribution in [0.4, 0.5) is 0 Å². The van der Waals surface area contributed by atoms with E-state index in [1.807, 2.05) is 0 Å². The molecule has 0 unspecified atom stereocenters. The molecule has 1 aromatic rings. The molecule has 1 aromatic carbocycles. The smallest absolute Gasteiger partial charge is 0.0332 e. The largest absolute Gasteiger partial charge is 0.310 e. The van der Waals surface area contributed by atoms with E-state index in [2.05, 4.69) is 36.5 Å². The van der Waals surface area contributed by atoms with E-state index in [1.54, 1.807) is 0 Å². The maximum absolute atomic E-state index is 3.42. The Labute approximate surface area is 86.5 Å². The predicted molar refractivity (Wildman–Crippen MR) is 60.4 cm³/mol. The minimum absolute atomic E-state index is 0.634. The summed E-state index contributed by atoms with van der Waals surface area (Å²) in [5.41, 5.74) is 2.94. The SMILES string of the molecule is CCCCc1ccc([C@@H]2CCN2)cc1. The molecule has 76 valence electrons. The lowest BCUT2D eigenvalue weighted by Gasteiger charge is -2.28. The van der Waals surface area contributed by atoms with Gasteiger partial charge in [0, 0.05) is 6.04 Å². The van der Waals surface area contributed by atoms with Crippen molar-refractivity contribution in [1.29, 1.82) is 0 Å². The van der Waals surface area contributed by atoms with Gasteiger partial charge >= 0.3 is 0 Å². The molecule has 1 N–H and O–H groups in total. The van der Waals surface area contributed by atoms with Crippen molar-refractivity contribution in [2.75, 3.05) is 6.54 Å². The predicted octanol–water partition coefficient (Wildman–Crippen LogP) is 3.06. The number of hydrogen-bond donors (Lipinski definition) is 1. The van der Waals surface area contributed by atoms with Crippen molar-refractivity contribution >= 4 is 0 Å². The van der Waals surface area contributed by atoms with E-state index in [0.29, 0.717) is 6.04 Å². The van der Waals surface area contributed by atoms with Gasteiger partial charge in [0.2, 0.25) is 0 Å². The van der Waals surface area contributed by atoms with Crippen molar-refractivity contribution in [3.05, 3.63) is 35.4 Å². The normalized spacial score (nSPS) is 20.5. The quantitative estimate of drug-likeness (QED) is 0.767. The number of nitrogens with one attached hydrogen (secondary N) is 1. The van der Waals surface area contributed by atoms with Gasteiger partial charge in [-0.2, -0.15) is 0 Å². The molecule has 1 atom stereocenters. The van der Waals surface area contributed by atoms with E-state index in [-0.39, 0.29) is 0 Å². The molecule has 1 fully saturated rings. The summed E-state index contributed by atoms with van der Waals surface area (Å²) in [6, 6.07) is 9.76. The lowest BCUT2D eigenvalue weighted by molar-refractivity contribution is 0.383. The van der Waals surface area contributed by atoms with E-state index >= 15 is 0 Å². The third kappa shape index (κ3) is 2.16. The number of benzene rings is 1. The fourth-order valence-electron chi connectivity index (χ4n) is 1.87. The Balaban J connectivity index is 1.95. The summed E-state index contributed by atoms with van der Waals surface area (Å²) in [4.78, 5) is 0. The Morgan fingerprint density at radius 2 is 2.00 bits per heavy atom. The minimum atomic E-state index is 0.634. The topological polar surface area (TPSA) is 12.0 Å². The van der Waals surface area contributed by atoms with Crippen LogP contribution in [-0.2, 0) is 6.42 Å². The summed E-state index contributed by atoms with van der Waals surface area (Å²) in [5.74, 6) is 0. The Kier molecular flexibility index (Phi) is 3.20. The van der Waals surface area contributed by atoms with Crippen molar-refractivity contribution < 1.29 is 0 Å². The molecule has 1 nitrogen and oxygen atoms in total. The average molecular weight is 189 g/mol. The third-order valence-corrected chi connectivity index (χ3v) is 3.02. The molecule has 0 spiro atoms. The molecule has 0 aromatic heterocycles. The van der Waals surface area contributed by atoms with E-state index in [0.717, 1.165) is 0 Å². The second-order valence-electron chi connectivity index (χ2n) is 4.14. The number of unbranched alkanes of at least 4 members (excludes halogenated alkanes) is 1. The van der Waals surface area contributed by atoms with Crippen LogP contribution >= 0.6 is 0 Å². The molecule has 0 radical (unpaired) electrons. The molecule has 2 rings (SSSR count). The van der Waals surface area contributed by atoms with Crippen LogP contribution in [0, 0.1) is 0 Å². The highest BCUT2D eigenvalue weighted by atomic mass is 15.0. The Morgan fingerprint density at radius 1 is 1.29 bits per heavy atom. The van der Waals surface area contributed by atoms with Gasteiger partial charge in [0.05, 0.1) is 0 Å². The Bertz CT molecular complexity index is 272. The Morgan fingerprint density at radius 3 is 2.50 bits per heavy atom. The zero-order valence-corrected chi connectivity index (χ0v) is 8.92. The molecule has 0 amide bonds. The number of aryl methyl sites for hydroxylation is 1. The Hall–Kier alpha value is -0.820. The second-order valence-corrected chi connectivity index (χ2v) is 4.14. The number of hydrogen-bond acceptors (Lipinski definition) is 1. The summed E-state index contributed by atoms with van der Waals surface area (Å²) in [5, 5.41) is 3.42. The average Bonchev–Trinajstić information content (AvgIpc) is 2.14. The van der Waals surface area contributed by atoms with Crippen LogP contribution < -0.4 is 5.32 Å². The first-order chi connectivity index (χ1) is 6.90. The first kappa shape index (κ1) is 9.72. The van der Waals surface area contributed by atoms with Gasteiger partial charge in [-0.3, -0.25) is 0 Å². The highest BCUT2D eigenvalue weighted by Crippen LogP contribution is 2.22. The van der Waals surface area contributed by atoms with Crippen molar-refractivity contribution in [3.8, 4) is 0 Å². The zero-order valence-electron chi connectivity index (χ0n) is 8.92. The highest BCUT2D eigenvalue weighted by Gasteiger charge is 2.17. The molecular formula is C13H19N. The van der Waals surface area contributed by atoms with E-state index in [9.17, 15) is 0 Å².